The molecule has 1 aromatic carbocycles. The highest BCUT2D eigenvalue weighted by molar-refractivity contribution is 8.09. The van der Waals surface area contributed by atoms with Crippen molar-refractivity contribution in [1.82, 2.24) is 14.6 Å². The molecule has 0 bridgehead atoms. The molecule has 3 N–H and O–H groups in total. The number of esters is 1. The van der Waals surface area contributed by atoms with Crippen LogP contribution in [0.5, 0.6) is 5.75 Å². The summed E-state index contributed by atoms with van der Waals surface area (Å²) in [5.74, 6) is -0.148. The number of aromatic amines is 1. The van der Waals surface area contributed by atoms with E-state index in [1.165, 1.54) is 13.1 Å². The van der Waals surface area contributed by atoms with Crippen LogP contribution in [0.4, 0.5) is 0 Å². The smallest absolute Gasteiger partial charge is 0.330 e. The van der Waals surface area contributed by atoms with Crippen LogP contribution in [0.15, 0.2) is 40.1 Å². The van der Waals surface area contributed by atoms with Crippen molar-refractivity contribution >= 4 is 47.6 Å². The van der Waals surface area contributed by atoms with Crippen molar-refractivity contribution in [2.24, 2.45) is 0 Å². The van der Waals surface area contributed by atoms with Gasteiger partial charge in [-0.15, -0.1) is 0 Å². The van der Waals surface area contributed by atoms with Crippen LogP contribution in [0.3, 0.4) is 0 Å². The Balaban J connectivity index is 1.83. The summed E-state index contributed by atoms with van der Waals surface area (Å²) in [6.07, 6.45) is -1.27. The van der Waals surface area contributed by atoms with E-state index < -0.39 is 52.7 Å². The van der Waals surface area contributed by atoms with Gasteiger partial charge in [-0.1, -0.05) is 48.7 Å². The zero-order chi connectivity index (χ0) is 29.8. The molecule has 2 heterocycles. The van der Waals surface area contributed by atoms with Crippen LogP contribution in [0.1, 0.15) is 51.5 Å². The largest absolute Gasteiger partial charge is 0.462 e. The van der Waals surface area contributed by atoms with Gasteiger partial charge in [0.2, 0.25) is 0 Å². The van der Waals surface area contributed by atoms with Crippen LogP contribution in [-0.2, 0) is 37.0 Å². The van der Waals surface area contributed by atoms with E-state index >= 15 is 0 Å². The molecular weight excluding hydrogens is 604 g/mol. The van der Waals surface area contributed by atoms with Gasteiger partial charge in [-0.2, -0.15) is 0 Å². The van der Waals surface area contributed by atoms with Gasteiger partial charge >= 0.3 is 18.3 Å². The number of alkyl halides is 2. The van der Waals surface area contributed by atoms with Gasteiger partial charge in [0.1, 0.15) is 24.0 Å². The van der Waals surface area contributed by atoms with Gasteiger partial charge in [0.15, 0.2) is 10.6 Å². The maximum atomic E-state index is 12.5. The Morgan fingerprint density at radius 3 is 2.52 bits per heavy atom. The molecule has 1 aliphatic rings. The van der Waals surface area contributed by atoms with Crippen LogP contribution in [0, 0.1) is 6.92 Å². The molecule has 0 saturated carbocycles. The summed E-state index contributed by atoms with van der Waals surface area (Å²) in [4.78, 5) is 38.9. The van der Waals surface area contributed by atoms with Gasteiger partial charge in [0, 0.05) is 11.8 Å². The highest BCUT2D eigenvalue weighted by Gasteiger charge is 2.56. The van der Waals surface area contributed by atoms with Crippen molar-refractivity contribution in [2.75, 3.05) is 6.61 Å². The number of carbonyl (C=O) groups excluding carboxylic acids is 1. The summed E-state index contributed by atoms with van der Waals surface area (Å²) in [5, 5.41) is 13.8. The molecule has 0 amide bonds. The van der Waals surface area contributed by atoms with Crippen molar-refractivity contribution < 1.29 is 28.4 Å². The molecule has 3 rings (SSSR count). The van der Waals surface area contributed by atoms with Gasteiger partial charge in [0.25, 0.3) is 5.56 Å². The van der Waals surface area contributed by atoms with E-state index in [-0.39, 0.29) is 18.3 Å². The first-order valence-electron chi connectivity index (χ1n) is 12.7. The number of aliphatic hydroxyl groups excluding tert-OH is 1. The molecule has 40 heavy (non-hydrogen) atoms. The van der Waals surface area contributed by atoms with E-state index in [1.54, 1.807) is 32.9 Å². The van der Waals surface area contributed by atoms with Gasteiger partial charge < -0.3 is 23.6 Å². The molecule has 1 saturated heterocycles. The van der Waals surface area contributed by atoms with Crippen LogP contribution < -0.4 is 20.9 Å². The average molecular weight is 639 g/mol. The molecule has 5 atom stereocenters. The lowest BCUT2D eigenvalue weighted by Gasteiger charge is -2.28. The molecule has 0 aliphatic carbocycles. The number of H-pyrrole nitrogens is 1. The lowest BCUT2D eigenvalue weighted by Crippen LogP contribution is -2.42. The van der Waals surface area contributed by atoms with Crippen LogP contribution in [0.2, 0.25) is 0 Å². The Labute approximate surface area is 247 Å². The summed E-state index contributed by atoms with van der Waals surface area (Å²) >= 11 is 18.6. The molecule has 15 heteroatoms. The van der Waals surface area contributed by atoms with E-state index in [9.17, 15) is 19.5 Å². The minimum absolute atomic E-state index is 0.210. The fourth-order valence-corrected chi connectivity index (χ4v) is 6.91. The Bertz CT molecular complexity index is 1350. The van der Waals surface area contributed by atoms with Gasteiger partial charge in [-0.05, 0) is 63.6 Å². The number of benzene rings is 1. The molecule has 1 aliphatic heterocycles. The minimum Gasteiger partial charge on any atom is -0.462 e. The summed E-state index contributed by atoms with van der Waals surface area (Å²) < 4.78 is 22.2. The SMILES string of the molecule is CCCc1ccc(OP(=S)(NC(C)C(=O)OC(C)C)OCC2OC(n3cc(C)c(=O)[nH]c3=O)C(Cl)(Cl)C2O)cc1. The van der Waals surface area contributed by atoms with Crippen molar-refractivity contribution in [2.45, 2.75) is 82.4 Å². The maximum absolute atomic E-state index is 12.5. The van der Waals surface area contributed by atoms with Crippen LogP contribution in [0.25, 0.3) is 0 Å². The number of nitrogens with zero attached hydrogens (tertiary/aromatic N) is 1. The Hall–Kier alpha value is -1.76. The van der Waals surface area contributed by atoms with Crippen LogP contribution in [-0.4, -0.2) is 55.9 Å². The molecule has 2 aromatic rings. The Morgan fingerprint density at radius 1 is 1.27 bits per heavy atom. The van der Waals surface area contributed by atoms with Gasteiger partial charge in [-0.3, -0.25) is 19.1 Å². The molecule has 222 valence electrons. The monoisotopic (exact) mass is 637 g/mol. The topological polar surface area (TPSA) is 141 Å². The average Bonchev–Trinajstić information content (AvgIpc) is 3.09. The fourth-order valence-electron chi connectivity index (χ4n) is 3.90. The zero-order valence-electron chi connectivity index (χ0n) is 22.8. The van der Waals surface area contributed by atoms with E-state index in [0.29, 0.717) is 5.75 Å². The lowest BCUT2D eigenvalue weighted by molar-refractivity contribution is -0.149. The predicted octanol–water partition coefficient (Wildman–Crippen LogP) is 3.48. The second-order valence-electron chi connectivity index (χ2n) is 9.74. The highest BCUT2D eigenvalue weighted by Crippen LogP contribution is 2.49. The number of aryl methyl sites for hydroxylation is 2. The normalized spacial score (nSPS) is 22.6. The van der Waals surface area contributed by atoms with Crippen LogP contribution >= 0.6 is 29.8 Å². The third kappa shape index (κ3) is 7.95. The zero-order valence-corrected chi connectivity index (χ0v) is 26.0. The second-order valence-corrected chi connectivity index (χ2v) is 14.3. The number of nitrogens with one attached hydrogen (secondary N) is 2. The van der Waals surface area contributed by atoms with E-state index in [4.69, 9.17) is 53.5 Å². The number of rotatable bonds is 12. The molecule has 5 unspecified atom stereocenters. The first kappa shape index (κ1) is 32.8. The summed E-state index contributed by atoms with van der Waals surface area (Å²) in [6, 6.07) is 6.42. The summed E-state index contributed by atoms with van der Waals surface area (Å²) in [5.41, 5.74) is -0.0695. The van der Waals surface area contributed by atoms with Crippen molar-refractivity contribution in [3.8, 4) is 5.75 Å². The quantitative estimate of drug-likeness (QED) is 0.180. The van der Waals surface area contributed by atoms with Gasteiger partial charge in [0.05, 0.1) is 12.7 Å². The highest BCUT2D eigenvalue weighted by atomic mass is 35.5. The number of hydrogen-bond acceptors (Lipinski definition) is 9. The number of aromatic nitrogens is 2. The first-order valence-corrected chi connectivity index (χ1v) is 16.1. The molecule has 0 spiro atoms. The van der Waals surface area contributed by atoms with E-state index in [2.05, 4.69) is 17.0 Å². The maximum Gasteiger partial charge on any atom is 0.330 e. The minimum atomic E-state index is -3.47. The third-order valence-corrected chi connectivity index (χ3v) is 9.25. The summed E-state index contributed by atoms with van der Waals surface area (Å²) in [7, 11) is 0. The first-order chi connectivity index (χ1) is 18.7. The third-order valence-electron chi connectivity index (χ3n) is 5.93. The van der Waals surface area contributed by atoms with Gasteiger partial charge in [-0.25, -0.2) is 9.88 Å². The fraction of sp³-hybridized carbons (Fsp3) is 0.560. The number of hydrogen-bond donors (Lipinski definition) is 3. The number of ether oxygens (including phenoxy) is 2. The Kier molecular flexibility index (Phi) is 11.0. The van der Waals surface area contributed by atoms with Crippen molar-refractivity contribution in [3.05, 3.63) is 62.4 Å². The Morgan fingerprint density at radius 2 is 1.93 bits per heavy atom. The molecular formula is C25H34Cl2N3O8PS. The summed E-state index contributed by atoms with van der Waals surface area (Å²) in [6.45, 7) is 4.74. The number of carbonyl (C=O) groups is 1. The van der Waals surface area contributed by atoms with Crippen molar-refractivity contribution in [1.29, 1.82) is 0 Å². The lowest BCUT2D eigenvalue weighted by atomic mass is 10.1. The molecule has 0 radical (unpaired) electrons. The van der Waals surface area contributed by atoms with E-state index in [1.807, 2.05) is 12.1 Å². The molecule has 11 nitrogen and oxygen atoms in total. The van der Waals surface area contributed by atoms with Crippen molar-refractivity contribution in [3.63, 3.8) is 0 Å². The standard InChI is InChI=1S/C25H34Cl2N3O8PS/c1-6-7-17-8-10-18(11-9-17)38-39(40,29-16(5)22(33)36-14(2)3)35-13-19-20(31)25(26,27)23(37-19)30-12-15(4)21(32)28-24(30)34/h8-12,14,16,19-20,23,31H,6-7,13H2,1-5H3,(H,29,40)(H,28,32,34). The number of aliphatic hydroxyl groups is 1. The molecule has 1 fully saturated rings. The molecule has 1 aromatic heterocycles. The van der Waals surface area contributed by atoms with E-state index in [0.717, 1.165) is 23.0 Å². The number of halogens is 2. The predicted molar refractivity (Wildman–Crippen MR) is 156 cm³/mol. The second kappa shape index (κ2) is 13.5.